The Morgan fingerprint density at radius 1 is 1.11 bits per heavy atom. The predicted octanol–water partition coefficient (Wildman–Crippen LogP) is 4.33. The van der Waals surface area contributed by atoms with E-state index in [1.165, 1.54) is 4.90 Å². The van der Waals surface area contributed by atoms with Gasteiger partial charge in [-0.3, -0.25) is 19.1 Å². The number of urea groups is 1. The summed E-state index contributed by atoms with van der Waals surface area (Å²) in [5.74, 6) is -1.41. The van der Waals surface area contributed by atoms with Crippen LogP contribution in [0.3, 0.4) is 0 Å². The van der Waals surface area contributed by atoms with Crippen molar-refractivity contribution in [3.8, 4) is 11.6 Å². The Morgan fingerprint density at radius 3 is 2.53 bits per heavy atom. The second-order valence-corrected chi connectivity index (χ2v) is 19.3. The third-order valence-electron chi connectivity index (χ3n) is 11.6. The minimum atomic E-state index is -3.99. The third kappa shape index (κ3) is 8.56. The molecule has 2 aliphatic carbocycles. The van der Waals surface area contributed by atoms with E-state index in [1.54, 1.807) is 20.2 Å². The van der Waals surface area contributed by atoms with E-state index < -0.39 is 73.7 Å². The summed E-state index contributed by atoms with van der Waals surface area (Å²) in [6.07, 6.45) is 8.65. The van der Waals surface area contributed by atoms with Crippen LogP contribution in [-0.4, -0.2) is 89.7 Å². The number of allylic oxidation sites excluding steroid dienone is 1. The number of ether oxygens (including phenoxy) is 2. The smallest absolute Gasteiger partial charge is 0.315 e. The van der Waals surface area contributed by atoms with Crippen molar-refractivity contribution in [3.05, 3.63) is 42.6 Å². The minimum Gasteiger partial charge on any atom is -0.496 e. The van der Waals surface area contributed by atoms with Crippen molar-refractivity contribution in [3.63, 3.8) is 0 Å². The van der Waals surface area contributed by atoms with Gasteiger partial charge in [-0.1, -0.05) is 38.5 Å². The fourth-order valence-corrected chi connectivity index (χ4v) is 9.23. The molecule has 14 nitrogen and oxygen atoms in total. The van der Waals surface area contributed by atoms with Crippen LogP contribution < -0.4 is 30.1 Å². The van der Waals surface area contributed by atoms with E-state index in [-0.39, 0.29) is 31.2 Å². The number of benzene rings is 1. The topological polar surface area (TPSA) is 185 Å². The molecule has 55 heavy (non-hydrogen) atoms. The van der Waals surface area contributed by atoms with Crippen molar-refractivity contribution in [2.75, 3.05) is 13.7 Å². The number of methoxy groups -OCH3 is 1. The standard InChI is InChI=1S/C40H56N6O8S/c1-8-25-20-24(2)12-9-10-13-26-22-40(26,36(49)45-55(51,52)39(6)17-18-39)43-33(47)30-21-27(23-46(30)35(48)32(25)42-37(50)44-38(3,4)5)54-34-29-14-11-15-31(53-7)28(29)16-19-41-34/h10-11,13-16,19,24-27,30,32H,8-9,12,17-18,20-23H2,1-7H3,(H,43,47)(H,45,49)(H2,42,44,50)/b13-10-/t24-,25-,26-,27-,30+,32+,40-/m1/s1. The van der Waals surface area contributed by atoms with Crippen LogP contribution in [0.2, 0.25) is 0 Å². The van der Waals surface area contributed by atoms with Gasteiger partial charge in [-0.15, -0.1) is 0 Å². The Morgan fingerprint density at radius 2 is 1.85 bits per heavy atom. The Kier molecular flexibility index (Phi) is 11.2. The molecule has 1 aromatic carbocycles. The van der Waals surface area contributed by atoms with E-state index in [1.807, 2.05) is 64.1 Å². The van der Waals surface area contributed by atoms with Crippen LogP contribution in [0.25, 0.3) is 10.8 Å². The second-order valence-electron chi connectivity index (χ2n) is 17.2. The number of hydrogen-bond donors (Lipinski definition) is 4. The van der Waals surface area contributed by atoms with Crippen molar-refractivity contribution < 1.29 is 37.1 Å². The number of fused-ring (bicyclic) bond motifs is 3. The van der Waals surface area contributed by atoms with Gasteiger partial charge in [0.05, 0.1) is 18.4 Å². The molecule has 3 heterocycles. The van der Waals surface area contributed by atoms with Crippen LogP contribution in [0, 0.1) is 17.8 Å². The molecule has 3 fully saturated rings. The summed E-state index contributed by atoms with van der Waals surface area (Å²) in [7, 11) is -2.42. The van der Waals surface area contributed by atoms with E-state index in [9.17, 15) is 27.6 Å². The summed E-state index contributed by atoms with van der Waals surface area (Å²) in [4.78, 5) is 62.8. The van der Waals surface area contributed by atoms with Crippen LogP contribution in [-0.2, 0) is 24.4 Å². The largest absolute Gasteiger partial charge is 0.496 e. The molecule has 15 heteroatoms. The van der Waals surface area contributed by atoms with E-state index in [0.717, 1.165) is 11.8 Å². The highest BCUT2D eigenvalue weighted by Gasteiger charge is 2.63. The molecule has 4 N–H and O–H groups in total. The zero-order chi connectivity index (χ0) is 39.9. The van der Waals surface area contributed by atoms with Gasteiger partial charge in [-0.2, -0.15) is 0 Å². The highest BCUT2D eigenvalue weighted by atomic mass is 32.2. The SMILES string of the molecule is CC[C@@H]1C[C@H](C)CC/C=C\[C@@H]2C[C@@]2(C(=O)NS(=O)(=O)C2(C)CC2)NC(=O)[C@@H]2C[C@@H](Oc3nccc4c(OC)cccc34)CN2C(=O)[C@H]1NC(=O)NC(C)(C)C. The summed E-state index contributed by atoms with van der Waals surface area (Å²) < 4.78 is 39.7. The van der Waals surface area contributed by atoms with Crippen molar-refractivity contribution in [1.82, 2.24) is 30.6 Å². The Labute approximate surface area is 324 Å². The van der Waals surface area contributed by atoms with E-state index in [2.05, 4.69) is 32.6 Å². The molecule has 2 aliphatic heterocycles. The molecule has 0 spiro atoms. The number of nitrogens with zero attached hydrogens (tertiary/aromatic N) is 2. The zero-order valence-electron chi connectivity index (χ0n) is 32.9. The van der Waals surface area contributed by atoms with Crippen LogP contribution >= 0.6 is 0 Å². The molecule has 1 aromatic heterocycles. The molecule has 0 radical (unpaired) electrons. The normalized spacial score (nSPS) is 30.1. The van der Waals surface area contributed by atoms with Crippen molar-refractivity contribution in [1.29, 1.82) is 0 Å². The molecule has 7 atom stereocenters. The number of hydrogen-bond acceptors (Lipinski definition) is 9. The molecule has 1 saturated heterocycles. The maximum Gasteiger partial charge on any atom is 0.315 e. The monoisotopic (exact) mass is 780 g/mol. The molecule has 2 saturated carbocycles. The number of sulfonamides is 1. The number of nitrogens with one attached hydrogen (secondary N) is 4. The average molecular weight is 781 g/mol. The first kappa shape index (κ1) is 40.3. The number of amides is 5. The number of carbonyl (C=O) groups excluding carboxylic acids is 4. The zero-order valence-corrected chi connectivity index (χ0v) is 33.8. The minimum absolute atomic E-state index is 0.000719. The molecule has 4 aliphatic rings. The first-order valence-electron chi connectivity index (χ1n) is 19.4. The maximum atomic E-state index is 14.9. The van der Waals surface area contributed by atoms with Gasteiger partial charge in [0.25, 0.3) is 5.91 Å². The summed E-state index contributed by atoms with van der Waals surface area (Å²) in [5, 5.41) is 10.3. The van der Waals surface area contributed by atoms with Gasteiger partial charge in [0, 0.05) is 34.8 Å². The number of rotatable bonds is 8. The third-order valence-corrected chi connectivity index (χ3v) is 13.8. The maximum absolute atomic E-state index is 14.9. The summed E-state index contributed by atoms with van der Waals surface area (Å²) in [6.45, 7) is 11.3. The number of aromatic nitrogens is 1. The Bertz CT molecular complexity index is 1960. The Hall–Kier alpha value is -4.40. The van der Waals surface area contributed by atoms with Gasteiger partial charge in [-0.05, 0) is 96.3 Å². The van der Waals surface area contributed by atoms with Gasteiger partial charge in [0.2, 0.25) is 27.7 Å². The van der Waals surface area contributed by atoms with Crippen LogP contribution in [0.4, 0.5) is 4.79 Å². The van der Waals surface area contributed by atoms with E-state index >= 15 is 0 Å². The Balaban J connectivity index is 1.37. The first-order chi connectivity index (χ1) is 25.9. The summed E-state index contributed by atoms with van der Waals surface area (Å²) in [5.41, 5.74) is -2.09. The predicted molar refractivity (Wildman–Crippen MR) is 208 cm³/mol. The summed E-state index contributed by atoms with van der Waals surface area (Å²) in [6, 6.07) is 4.75. The number of carbonyl (C=O) groups is 4. The van der Waals surface area contributed by atoms with Gasteiger partial charge in [-0.25, -0.2) is 18.2 Å². The highest BCUT2D eigenvalue weighted by Crippen LogP contribution is 2.47. The van der Waals surface area contributed by atoms with Gasteiger partial charge < -0.3 is 30.3 Å². The van der Waals surface area contributed by atoms with Gasteiger partial charge in [0.1, 0.15) is 29.5 Å². The molecule has 6 rings (SSSR count). The van der Waals surface area contributed by atoms with Gasteiger partial charge >= 0.3 is 6.03 Å². The van der Waals surface area contributed by atoms with Gasteiger partial charge in [0.15, 0.2) is 0 Å². The first-order valence-corrected chi connectivity index (χ1v) is 20.9. The quantitative estimate of drug-likeness (QED) is 0.283. The van der Waals surface area contributed by atoms with E-state index in [0.29, 0.717) is 49.1 Å². The fraction of sp³-hybridized carbons (Fsp3) is 0.625. The van der Waals surface area contributed by atoms with Crippen LogP contribution in [0.5, 0.6) is 11.6 Å². The van der Waals surface area contributed by atoms with E-state index in [4.69, 9.17) is 9.47 Å². The average Bonchev–Trinajstić information content (AvgIpc) is 4.00. The van der Waals surface area contributed by atoms with Crippen molar-refractivity contribution >= 4 is 44.5 Å². The number of pyridine rings is 1. The lowest BCUT2D eigenvalue weighted by Crippen LogP contribution is -2.60. The molecular weight excluding hydrogens is 725 g/mol. The molecule has 5 amide bonds. The van der Waals surface area contributed by atoms with Crippen molar-refractivity contribution in [2.24, 2.45) is 17.8 Å². The lowest BCUT2D eigenvalue weighted by Gasteiger charge is -2.34. The fourth-order valence-electron chi connectivity index (χ4n) is 7.91. The van der Waals surface area contributed by atoms with Crippen LogP contribution in [0.15, 0.2) is 42.6 Å². The highest BCUT2D eigenvalue weighted by molar-refractivity contribution is 7.91. The molecule has 0 unspecified atom stereocenters. The van der Waals surface area contributed by atoms with Crippen molar-refractivity contribution in [2.45, 2.75) is 127 Å². The lowest BCUT2D eigenvalue weighted by molar-refractivity contribution is -0.142. The second kappa shape index (κ2) is 15.3. The molecule has 2 aromatic rings. The molecule has 300 valence electrons. The van der Waals surface area contributed by atoms with Crippen LogP contribution in [0.1, 0.15) is 92.9 Å². The lowest BCUT2D eigenvalue weighted by atomic mass is 9.85. The molecule has 0 bridgehead atoms. The summed E-state index contributed by atoms with van der Waals surface area (Å²) >= 11 is 0. The molecular formula is C40H56N6O8S.